The summed E-state index contributed by atoms with van der Waals surface area (Å²) < 4.78 is 0. The van der Waals surface area contributed by atoms with Gasteiger partial charge in [-0.1, -0.05) is 18.2 Å². The maximum absolute atomic E-state index is 4.68. The summed E-state index contributed by atoms with van der Waals surface area (Å²) in [6.07, 6.45) is 8.16. The number of benzene rings is 1. The lowest BCUT2D eigenvalue weighted by atomic mass is 9.87. The highest BCUT2D eigenvalue weighted by Gasteiger charge is 2.19. The number of hydrogen-bond donors (Lipinski definition) is 2. The molecule has 0 bridgehead atoms. The molecule has 130 valence electrons. The molecule has 0 unspecified atom stereocenters. The number of pyridine rings is 1. The summed E-state index contributed by atoms with van der Waals surface area (Å²) in [6, 6.07) is 13.4. The lowest BCUT2D eigenvalue weighted by Gasteiger charge is -2.27. The number of aromatic nitrogens is 2. The Bertz CT molecular complexity index is 876. The van der Waals surface area contributed by atoms with Gasteiger partial charge in [-0.2, -0.15) is 0 Å². The zero-order valence-corrected chi connectivity index (χ0v) is 15.2. The lowest BCUT2D eigenvalue weighted by Crippen LogP contribution is -2.41. The van der Waals surface area contributed by atoms with Crippen molar-refractivity contribution in [1.29, 1.82) is 0 Å². The Balaban J connectivity index is 1.42. The van der Waals surface area contributed by atoms with Crippen molar-refractivity contribution in [3.05, 3.63) is 65.0 Å². The topological polar surface area (TPSA) is 40.7 Å². The molecule has 3 heteroatoms. The van der Waals surface area contributed by atoms with E-state index in [1.54, 1.807) is 11.1 Å². The zero-order chi connectivity index (χ0) is 17.3. The van der Waals surface area contributed by atoms with Crippen LogP contribution in [0.25, 0.3) is 11.0 Å². The van der Waals surface area contributed by atoms with Crippen LogP contribution < -0.4 is 5.32 Å². The van der Waals surface area contributed by atoms with Crippen molar-refractivity contribution in [3.8, 4) is 0 Å². The van der Waals surface area contributed by atoms with Gasteiger partial charge in [0, 0.05) is 23.7 Å². The molecule has 0 fully saturated rings. The van der Waals surface area contributed by atoms with Crippen LogP contribution in [-0.4, -0.2) is 15.5 Å². The fourth-order valence-corrected chi connectivity index (χ4v) is 3.87. The molecular formula is C22H27N3. The van der Waals surface area contributed by atoms with Crippen LogP contribution in [0.5, 0.6) is 0 Å². The number of aromatic amines is 1. The van der Waals surface area contributed by atoms with Crippen molar-refractivity contribution in [2.24, 2.45) is 0 Å². The van der Waals surface area contributed by atoms with Crippen LogP contribution in [0.15, 0.2) is 42.6 Å². The molecule has 1 aliphatic carbocycles. The van der Waals surface area contributed by atoms with E-state index in [-0.39, 0.29) is 5.54 Å². The number of hydrogen-bond acceptors (Lipinski definition) is 2. The normalized spacial score (nSPS) is 14.6. The van der Waals surface area contributed by atoms with Crippen LogP contribution in [0.1, 0.15) is 49.1 Å². The monoisotopic (exact) mass is 333 g/mol. The van der Waals surface area contributed by atoms with Gasteiger partial charge in [-0.15, -0.1) is 0 Å². The Hall–Kier alpha value is -2.13. The van der Waals surface area contributed by atoms with E-state index in [0.717, 1.165) is 29.7 Å². The van der Waals surface area contributed by atoms with Gasteiger partial charge in [-0.3, -0.25) is 0 Å². The number of nitrogens with one attached hydrogen (secondary N) is 2. The maximum Gasteiger partial charge on any atom is 0.137 e. The van der Waals surface area contributed by atoms with Gasteiger partial charge in [0.05, 0.1) is 5.69 Å². The second-order valence-electron chi connectivity index (χ2n) is 7.94. The number of H-pyrrole nitrogens is 1. The molecule has 0 amide bonds. The van der Waals surface area contributed by atoms with E-state index < -0.39 is 0 Å². The summed E-state index contributed by atoms with van der Waals surface area (Å²) in [5, 5.41) is 4.85. The molecule has 0 radical (unpaired) electrons. The molecule has 0 saturated carbocycles. The largest absolute Gasteiger partial charge is 0.346 e. The van der Waals surface area contributed by atoms with Crippen LogP contribution in [0.2, 0.25) is 0 Å². The first-order valence-corrected chi connectivity index (χ1v) is 9.38. The van der Waals surface area contributed by atoms with Crippen molar-refractivity contribution >= 4 is 11.0 Å². The highest BCUT2D eigenvalue weighted by Crippen LogP contribution is 2.24. The Morgan fingerprint density at radius 1 is 1.04 bits per heavy atom. The van der Waals surface area contributed by atoms with Gasteiger partial charge in [-0.05, 0) is 80.8 Å². The molecule has 1 aliphatic rings. The van der Waals surface area contributed by atoms with Crippen LogP contribution in [0.4, 0.5) is 0 Å². The zero-order valence-electron chi connectivity index (χ0n) is 15.2. The van der Waals surface area contributed by atoms with E-state index in [4.69, 9.17) is 0 Å². The Morgan fingerprint density at radius 3 is 2.76 bits per heavy atom. The minimum Gasteiger partial charge on any atom is -0.346 e. The number of rotatable bonds is 5. The third-order valence-corrected chi connectivity index (χ3v) is 5.27. The summed E-state index contributed by atoms with van der Waals surface area (Å²) >= 11 is 0. The van der Waals surface area contributed by atoms with Crippen molar-refractivity contribution < 1.29 is 0 Å². The van der Waals surface area contributed by atoms with E-state index in [1.165, 1.54) is 31.2 Å². The summed E-state index contributed by atoms with van der Waals surface area (Å²) in [6.45, 7) is 5.34. The number of fused-ring (bicyclic) bond motifs is 2. The molecule has 2 N–H and O–H groups in total. The first-order valence-electron chi connectivity index (χ1n) is 9.38. The van der Waals surface area contributed by atoms with Gasteiger partial charge in [0.1, 0.15) is 5.65 Å². The minimum absolute atomic E-state index is 0.0370. The second-order valence-corrected chi connectivity index (χ2v) is 7.94. The van der Waals surface area contributed by atoms with Gasteiger partial charge < -0.3 is 10.3 Å². The molecule has 2 aromatic heterocycles. The fraction of sp³-hybridized carbons (Fsp3) is 0.409. The van der Waals surface area contributed by atoms with Crippen LogP contribution >= 0.6 is 0 Å². The van der Waals surface area contributed by atoms with Gasteiger partial charge in [-0.25, -0.2) is 4.98 Å². The maximum atomic E-state index is 4.68. The fourth-order valence-electron chi connectivity index (χ4n) is 3.87. The van der Waals surface area contributed by atoms with E-state index in [0.29, 0.717) is 0 Å². The molecule has 0 spiro atoms. The van der Waals surface area contributed by atoms with Crippen molar-refractivity contribution in [3.63, 3.8) is 0 Å². The van der Waals surface area contributed by atoms with Crippen LogP contribution in [0.3, 0.4) is 0 Å². The average molecular weight is 333 g/mol. The van der Waals surface area contributed by atoms with Crippen molar-refractivity contribution in [2.45, 2.75) is 58.0 Å². The summed E-state index contributed by atoms with van der Waals surface area (Å²) in [4.78, 5) is 7.87. The average Bonchev–Trinajstić information content (AvgIpc) is 3.07. The SMILES string of the molecule is CC(C)(Cc1ccc2c(c1)CCCC2)NCc1ccc2cc[nH]c2n1. The first-order chi connectivity index (χ1) is 12.1. The summed E-state index contributed by atoms with van der Waals surface area (Å²) in [5.74, 6) is 0. The third kappa shape index (κ3) is 3.77. The van der Waals surface area contributed by atoms with E-state index in [9.17, 15) is 0 Å². The summed E-state index contributed by atoms with van der Waals surface area (Å²) in [5.41, 5.74) is 6.64. The predicted octanol–water partition coefficient (Wildman–Crippen LogP) is 4.55. The molecule has 0 atom stereocenters. The third-order valence-electron chi connectivity index (χ3n) is 5.27. The van der Waals surface area contributed by atoms with E-state index >= 15 is 0 Å². The molecule has 0 aliphatic heterocycles. The van der Waals surface area contributed by atoms with Crippen LogP contribution in [-0.2, 0) is 25.8 Å². The molecule has 1 aromatic carbocycles. The molecule has 25 heavy (non-hydrogen) atoms. The molecule has 0 saturated heterocycles. The Morgan fingerprint density at radius 2 is 1.88 bits per heavy atom. The highest BCUT2D eigenvalue weighted by atomic mass is 15.0. The molecule has 4 rings (SSSR count). The molecular weight excluding hydrogens is 306 g/mol. The number of aryl methyl sites for hydroxylation is 2. The standard InChI is InChI=1S/C22H27N3/c1-22(2,14-16-7-8-17-5-3-4-6-19(17)13-16)24-15-20-10-9-18-11-12-23-21(18)25-20/h7-13,24H,3-6,14-15H2,1-2H3,(H,23,25). The van der Waals surface area contributed by atoms with Gasteiger partial charge in [0.25, 0.3) is 0 Å². The molecule has 3 nitrogen and oxygen atoms in total. The van der Waals surface area contributed by atoms with Crippen molar-refractivity contribution in [2.75, 3.05) is 0 Å². The highest BCUT2D eigenvalue weighted by molar-refractivity contribution is 5.75. The minimum atomic E-state index is 0.0370. The predicted molar refractivity (Wildman–Crippen MR) is 104 cm³/mol. The van der Waals surface area contributed by atoms with Gasteiger partial charge in [0.2, 0.25) is 0 Å². The quantitative estimate of drug-likeness (QED) is 0.719. The van der Waals surface area contributed by atoms with Gasteiger partial charge in [0.15, 0.2) is 0 Å². The smallest absolute Gasteiger partial charge is 0.137 e. The Labute approximate surface area is 149 Å². The number of nitrogens with zero attached hydrogens (tertiary/aromatic N) is 1. The molecule has 3 aromatic rings. The Kier molecular flexibility index (Phi) is 4.34. The van der Waals surface area contributed by atoms with E-state index in [1.807, 2.05) is 6.20 Å². The van der Waals surface area contributed by atoms with Gasteiger partial charge >= 0.3 is 0 Å². The van der Waals surface area contributed by atoms with E-state index in [2.05, 4.69) is 65.5 Å². The van der Waals surface area contributed by atoms with Crippen LogP contribution in [0, 0.1) is 0 Å². The summed E-state index contributed by atoms with van der Waals surface area (Å²) in [7, 11) is 0. The first kappa shape index (κ1) is 16.3. The second kappa shape index (κ2) is 6.64. The lowest BCUT2D eigenvalue weighted by molar-refractivity contribution is 0.382. The van der Waals surface area contributed by atoms with Crippen molar-refractivity contribution in [1.82, 2.24) is 15.3 Å². The molecule has 2 heterocycles.